The number of allylic oxidation sites excluding steroid dienone is 8. The molecule has 0 spiro atoms. The van der Waals surface area contributed by atoms with Crippen molar-refractivity contribution >= 4 is 11.6 Å². The molecule has 0 aromatic carbocycles. The van der Waals surface area contributed by atoms with Crippen LogP contribution in [0.3, 0.4) is 0 Å². The van der Waals surface area contributed by atoms with E-state index in [0.29, 0.717) is 0 Å². The van der Waals surface area contributed by atoms with Crippen molar-refractivity contribution in [3.63, 3.8) is 0 Å². The maximum Gasteiger partial charge on any atom is 0.163 e. The van der Waals surface area contributed by atoms with Crippen LogP contribution in [0.1, 0.15) is 73.6 Å². The highest BCUT2D eigenvalue weighted by Gasteiger charge is 2.32. The minimum absolute atomic E-state index is 0.0428. The first-order valence-corrected chi connectivity index (χ1v) is 10.3. The molecule has 0 aromatic heterocycles. The number of rotatable bonds is 6. The van der Waals surface area contributed by atoms with Gasteiger partial charge in [-0.15, -0.1) is 0 Å². The standard InChI is InChI=1S/C25H36O2/c1-18-9-7-15-24(3,4)22(18)13-11-20(26)17-21(27)12-14-23-19(2)10-8-16-25(23,5)6/h9-14,22-23H,7-8,15-17H2,1-6H3/b13-11+,14-12+. The lowest BCUT2D eigenvalue weighted by Crippen LogP contribution is -2.26. The molecule has 2 heteroatoms. The summed E-state index contributed by atoms with van der Waals surface area (Å²) in [5.74, 6) is 0.344. The van der Waals surface area contributed by atoms with Crippen LogP contribution in [0.25, 0.3) is 0 Å². The average Bonchev–Trinajstić information content (AvgIpc) is 2.52. The van der Waals surface area contributed by atoms with Crippen LogP contribution in [0.15, 0.2) is 47.6 Å². The van der Waals surface area contributed by atoms with E-state index in [0.717, 1.165) is 25.7 Å². The fourth-order valence-corrected chi connectivity index (χ4v) is 4.66. The highest BCUT2D eigenvalue weighted by Crippen LogP contribution is 2.42. The Labute approximate surface area is 165 Å². The van der Waals surface area contributed by atoms with E-state index in [1.807, 2.05) is 12.2 Å². The SMILES string of the molecule is CC1=CCCC(C)(C)C1/C=C/C(=O)CC(=O)/C=C/C1C(C)=CCCC1(C)C. The first-order chi connectivity index (χ1) is 12.5. The van der Waals surface area contributed by atoms with Crippen molar-refractivity contribution in [2.45, 2.75) is 73.6 Å². The lowest BCUT2D eigenvalue weighted by Gasteiger charge is -2.36. The van der Waals surface area contributed by atoms with Crippen LogP contribution in [0.4, 0.5) is 0 Å². The lowest BCUT2D eigenvalue weighted by molar-refractivity contribution is -0.121. The van der Waals surface area contributed by atoms with Crippen LogP contribution in [0.2, 0.25) is 0 Å². The highest BCUT2D eigenvalue weighted by molar-refractivity contribution is 6.08. The molecule has 2 nitrogen and oxygen atoms in total. The lowest BCUT2D eigenvalue weighted by atomic mass is 9.68. The molecule has 0 heterocycles. The topological polar surface area (TPSA) is 34.1 Å². The monoisotopic (exact) mass is 368 g/mol. The van der Waals surface area contributed by atoms with E-state index in [9.17, 15) is 9.59 Å². The summed E-state index contributed by atoms with van der Waals surface area (Å²) in [4.78, 5) is 24.6. The van der Waals surface area contributed by atoms with Crippen molar-refractivity contribution in [3.05, 3.63) is 47.6 Å². The van der Waals surface area contributed by atoms with Crippen LogP contribution >= 0.6 is 0 Å². The van der Waals surface area contributed by atoms with Gasteiger partial charge in [0.25, 0.3) is 0 Å². The number of carbonyl (C=O) groups excluding carboxylic acids is 2. The fraction of sp³-hybridized carbons (Fsp3) is 0.600. The third-order valence-electron chi connectivity index (χ3n) is 6.47. The highest BCUT2D eigenvalue weighted by atomic mass is 16.1. The zero-order valence-corrected chi connectivity index (χ0v) is 18.0. The molecule has 0 radical (unpaired) electrons. The largest absolute Gasteiger partial charge is 0.294 e. The zero-order valence-electron chi connectivity index (χ0n) is 18.0. The third-order valence-corrected chi connectivity index (χ3v) is 6.47. The summed E-state index contributed by atoms with van der Waals surface area (Å²) in [6.07, 6.45) is 16.2. The van der Waals surface area contributed by atoms with Gasteiger partial charge >= 0.3 is 0 Å². The van der Waals surface area contributed by atoms with Crippen molar-refractivity contribution in [2.24, 2.45) is 22.7 Å². The minimum Gasteiger partial charge on any atom is -0.294 e. The van der Waals surface area contributed by atoms with Gasteiger partial charge in [0.05, 0.1) is 6.42 Å². The molecule has 0 bridgehead atoms. The maximum atomic E-state index is 12.3. The van der Waals surface area contributed by atoms with E-state index in [2.05, 4.69) is 53.7 Å². The molecule has 2 aliphatic rings. The van der Waals surface area contributed by atoms with Crippen molar-refractivity contribution < 1.29 is 9.59 Å². The Hall–Kier alpha value is -1.70. The molecule has 2 aliphatic carbocycles. The van der Waals surface area contributed by atoms with Gasteiger partial charge in [0.2, 0.25) is 0 Å². The number of ketones is 2. The van der Waals surface area contributed by atoms with Crippen LogP contribution in [-0.2, 0) is 9.59 Å². The Morgan fingerprint density at radius 1 is 0.852 bits per heavy atom. The van der Waals surface area contributed by atoms with Crippen molar-refractivity contribution in [1.82, 2.24) is 0 Å². The Bertz CT molecular complexity index is 638. The summed E-state index contributed by atoms with van der Waals surface area (Å²) >= 11 is 0. The molecular formula is C25H36O2. The van der Waals surface area contributed by atoms with Crippen LogP contribution < -0.4 is 0 Å². The Morgan fingerprint density at radius 3 is 1.56 bits per heavy atom. The summed E-state index contributed by atoms with van der Waals surface area (Å²) in [7, 11) is 0. The zero-order chi connectivity index (χ0) is 20.2. The summed E-state index contributed by atoms with van der Waals surface area (Å²) < 4.78 is 0. The van der Waals surface area contributed by atoms with Gasteiger partial charge < -0.3 is 0 Å². The second-order valence-electron chi connectivity index (χ2n) is 9.73. The molecule has 0 saturated carbocycles. The Morgan fingerprint density at radius 2 is 1.22 bits per heavy atom. The van der Waals surface area contributed by atoms with Crippen molar-refractivity contribution in [3.8, 4) is 0 Å². The van der Waals surface area contributed by atoms with Gasteiger partial charge in [0, 0.05) is 11.8 Å². The molecule has 27 heavy (non-hydrogen) atoms. The third kappa shape index (κ3) is 5.64. The van der Waals surface area contributed by atoms with Gasteiger partial charge in [0.15, 0.2) is 11.6 Å². The molecule has 148 valence electrons. The van der Waals surface area contributed by atoms with Gasteiger partial charge in [-0.05, 0) is 62.5 Å². The van der Waals surface area contributed by atoms with Crippen LogP contribution in [0, 0.1) is 22.7 Å². The molecule has 2 rings (SSSR count). The summed E-state index contributed by atoms with van der Waals surface area (Å²) in [5, 5.41) is 0. The molecule has 0 fully saturated rings. The van der Waals surface area contributed by atoms with E-state index < -0.39 is 0 Å². The Balaban J connectivity index is 1.96. The van der Waals surface area contributed by atoms with E-state index in [1.165, 1.54) is 11.1 Å². The second kappa shape index (κ2) is 8.54. The number of carbonyl (C=O) groups is 2. The molecule has 0 aliphatic heterocycles. The van der Waals surface area contributed by atoms with Crippen LogP contribution in [-0.4, -0.2) is 11.6 Å². The van der Waals surface area contributed by atoms with Gasteiger partial charge in [-0.3, -0.25) is 9.59 Å². The summed E-state index contributed by atoms with van der Waals surface area (Å²) in [6, 6.07) is 0. The first kappa shape index (κ1) is 21.6. The van der Waals surface area contributed by atoms with E-state index in [-0.39, 0.29) is 40.7 Å². The van der Waals surface area contributed by atoms with Gasteiger partial charge in [0.1, 0.15) is 0 Å². The van der Waals surface area contributed by atoms with Crippen LogP contribution in [0.5, 0.6) is 0 Å². The normalized spacial score (nSPS) is 27.5. The van der Waals surface area contributed by atoms with Crippen molar-refractivity contribution in [1.29, 1.82) is 0 Å². The minimum atomic E-state index is -0.103. The number of hydrogen-bond donors (Lipinski definition) is 0. The van der Waals surface area contributed by atoms with Crippen molar-refractivity contribution in [2.75, 3.05) is 0 Å². The van der Waals surface area contributed by atoms with Gasteiger partial charge in [-0.25, -0.2) is 0 Å². The second-order valence-corrected chi connectivity index (χ2v) is 9.73. The van der Waals surface area contributed by atoms with E-state index >= 15 is 0 Å². The predicted octanol–water partition coefficient (Wildman–Crippen LogP) is 6.39. The molecular weight excluding hydrogens is 332 g/mol. The molecule has 2 atom stereocenters. The average molecular weight is 369 g/mol. The van der Waals surface area contributed by atoms with Gasteiger partial charge in [-0.1, -0.05) is 63.1 Å². The summed E-state index contributed by atoms with van der Waals surface area (Å²) in [5.41, 5.74) is 2.97. The summed E-state index contributed by atoms with van der Waals surface area (Å²) in [6.45, 7) is 13.3. The van der Waals surface area contributed by atoms with E-state index in [4.69, 9.17) is 0 Å². The molecule has 0 amide bonds. The fourth-order valence-electron chi connectivity index (χ4n) is 4.66. The molecule has 0 saturated heterocycles. The predicted molar refractivity (Wildman–Crippen MR) is 113 cm³/mol. The Kier molecular flexibility index (Phi) is 6.83. The van der Waals surface area contributed by atoms with E-state index in [1.54, 1.807) is 12.2 Å². The molecule has 2 unspecified atom stereocenters. The molecule has 0 N–H and O–H groups in total. The van der Waals surface area contributed by atoms with Gasteiger partial charge in [-0.2, -0.15) is 0 Å². The smallest absolute Gasteiger partial charge is 0.163 e. The molecule has 0 aromatic rings. The number of hydrogen-bond acceptors (Lipinski definition) is 2. The first-order valence-electron chi connectivity index (χ1n) is 10.3. The quantitative estimate of drug-likeness (QED) is 0.309. The maximum absolute atomic E-state index is 12.3.